The van der Waals surface area contributed by atoms with Gasteiger partial charge in [-0.2, -0.15) is 0 Å². The summed E-state index contributed by atoms with van der Waals surface area (Å²) in [5, 5.41) is 6.49. The summed E-state index contributed by atoms with van der Waals surface area (Å²) >= 11 is 0. The molecule has 0 aliphatic carbocycles. The molecule has 1 heterocycles. The fraction of sp³-hybridized carbons (Fsp3) is 0.350. The van der Waals surface area contributed by atoms with E-state index in [1.165, 1.54) is 11.1 Å². The average Bonchev–Trinajstić information content (AvgIpc) is 3.11. The molecule has 0 aromatic heterocycles. The van der Waals surface area contributed by atoms with Crippen LogP contribution in [0.1, 0.15) is 31.4 Å². The molecule has 2 N–H and O–H groups in total. The van der Waals surface area contributed by atoms with E-state index in [4.69, 9.17) is 4.74 Å². The maximum absolute atomic E-state index is 5.82. The predicted octanol–water partition coefficient (Wildman–Crippen LogP) is 3.83. The SMILES string of the molecule is CCC(C)Oc1ccc(Cc2ccc(NC3=NCCN3)cc2)cc1. The van der Waals surface area contributed by atoms with Crippen LogP contribution in [0.3, 0.4) is 0 Å². The minimum absolute atomic E-state index is 0.259. The number of ether oxygens (including phenoxy) is 1. The third-order valence-electron chi connectivity index (χ3n) is 4.13. The van der Waals surface area contributed by atoms with Crippen molar-refractivity contribution >= 4 is 11.6 Å². The lowest BCUT2D eigenvalue weighted by Crippen LogP contribution is -2.26. The van der Waals surface area contributed by atoms with E-state index in [1.807, 2.05) is 0 Å². The summed E-state index contributed by atoms with van der Waals surface area (Å²) in [6, 6.07) is 16.9. The first-order chi connectivity index (χ1) is 11.7. The molecule has 1 atom stereocenters. The summed E-state index contributed by atoms with van der Waals surface area (Å²) in [7, 11) is 0. The van der Waals surface area contributed by atoms with Crippen LogP contribution in [0, 0.1) is 0 Å². The minimum Gasteiger partial charge on any atom is -0.491 e. The average molecular weight is 323 g/mol. The molecule has 0 spiro atoms. The number of aliphatic imine (C=N–C) groups is 1. The van der Waals surface area contributed by atoms with Gasteiger partial charge < -0.3 is 15.4 Å². The van der Waals surface area contributed by atoms with E-state index in [0.717, 1.165) is 43.3 Å². The highest BCUT2D eigenvalue weighted by atomic mass is 16.5. The monoisotopic (exact) mass is 323 g/mol. The minimum atomic E-state index is 0.259. The number of hydrogen-bond donors (Lipinski definition) is 2. The van der Waals surface area contributed by atoms with Crippen LogP contribution >= 0.6 is 0 Å². The lowest BCUT2D eigenvalue weighted by Gasteiger charge is -2.13. The molecule has 0 saturated carbocycles. The largest absolute Gasteiger partial charge is 0.491 e. The molecule has 1 aliphatic heterocycles. The summed E-state index contributed by atoms with van der Waals surface area (Å²) in [4.78, 5) is 4.34. The molecular weight excluding hydrogens is 298 g/mol. The molecule has 1 aliphatic rings. The molecule has 4 heteroatoms. The van der Waals surface area contributed by atoms with Crippen molar-refractivity contribution in [3.8, 4) is 5.75 Å². The van der Waals surface area contributed by atoms with Crippen molar-refractivity contribution in [2.45, 2.75) is 32.8 Å². The highest BCUT2D eigenvalue weighted by Crippen LogP contribution is 2.18. The van der Waals surface area contributed by atoms with Crippen molar-refractivity contribution < 1.29 is 4.74 Å². The van der Waals surface area contributed by atoms with Gasteiger partial charge in [-0.3, -0.25) is 4.99 Å². The number of rotatable bonds is 6. The van der Waals surface area contributed by atoms with E-state index in [9.17, 15) is 0 Å². The lowest BCUT2D eigenvalue weighted by atomic mass is 10.0. The Kier molecular flexibility index (Phi) is 5.36. The Morgan fingerprint density at radius 2 is 1.75 bits per heavy atom. The van der Waals surface area contributed by atoms with E-state index in [2.05, 4.69) is 78.0 Å². The van der Waals surface area contributed by atoms with Crippen LogP contribution in [-0.4, -0.2) is 25.2 Å². The Labute approximate surface area is 144 Å². The molecule has 2 aromatic rings. The van der Waals surface area contributed by atoms with Crippen molar-refractivity contribution in [2.75, 3.05) is 18.4 Å². The first kappa shape index (κ1) is 16.4. The van der Waals surface area contributed by atoms with Gasteiger partial charge in [0.15, 0.2) is 5.96 Å². The van der Waals surface area contributed by atoms with Crippen LogP contribution < -0.4 is 15.4 Å². The van der Waals surface area contributed by atoms with E-state index in [1.54, 1.807) is 0 Å². The third kappa shape index (κ3) is 4.51. The zero-order valence-corrected chi connectivity index (χ0v) is 14.4. The van der Waals surface area contributed by atoms with Gasteiger partial charge in [-0.15, -0.1) is 0 Å². The van der Waals surface area contributed by atoms with Crippen LogP contribution in [0.4, 0.5) is 5.69 Å². The van der Waals surface area contributed by atoms with Crippen molar-refractivity contribution in [3.05, 3.63) is 59.7 Å². The number of benzene rings is 2. The van der Waals surface area contributed by atoms with Gasteiger partial charge in [0.25, 0.3) is 0 Å². The number of hydrogen-bond acceptors (Lipinski definition) is 4. The Balaban J connectivity index is 1.57. The quantitative estimate of drug-likeness (QED) is 0.849. The van der Waals surface area contributed by atoms with E-state index >= 15 is 0 Å². The maximum Gasteiger partial charge on any atom is 0.195 e. The molecule has 1 unspecified atom stereocenters. The van der Waals surface area contributed by atoms with E-state index in [0.29, 0.717) is 0 Å². The van der Waals surface area contributed by atoms with E-state index < -0.39 is 0 Å². The summed E-state index contributed by atoms with van der Waals surface area (Å²) in [5.41, 5.74) is 3.63. The van der Waals surface area contributed by atoms with E-state index in [-0.39, 0.29) is 6.10 Å². The number of nitrogens with zero attached hydrogens (tertiary/aromatic N) is 1. The summed E-state index contributed by atoms with van der Waals surface area (Å²) in [6.45, 7) is 5.98. The first-order valence-electron chi connectivity index (χ1n) is 8.63. The Morgan fingerprint density at radius 3 is 2.33 bits per heavy atom. The Hall–Kier alpha value is -2.49. The van der Waals surface area contributed by atoms with Crippen molar-refractivity contribution in [1.82, 2.24) is 5.32 Å². The van der Waals surface area contributed by atoms with Gasteiger partial charge in [0.05, 0.1) is 12.6 Å². The van der Waals surface area contributed by atoms with Crippen molar-refractivity contribution in [2.24, 2.45) is 4.99 Å². The normalized spacial score (nSPS) is 14.7. The van der Waals surface area contributed by atoms with Crippen LogP contribution in [0.15, 0.2) is 53.5 Å². The number of anilines is 1. The molecule has 4 nitrogen and oxygen atoms in total. The van der Waals surface area contributed by atoms with Gasteiger partial charge in [0.1, 0.15) is 5.75 Å². The van der Waals surface area contributed by atoms with Crippen molar-refractivity contribution in [3.63, 3.8) is 0 Å². The van der Waals surface area contributed by atoms with Crippen LogP contribution in [0.2, 0.25) is 0 Å². The van der Waals surface area contributed by atoms with Gasteiger partial charge in [-0.25, -0.2) is 0 Å². The Morgan fingerprint density at radius 1 is 1.08 bits per heavy atom. The second-order valence-electron chi connectivity index (χ2n) is 6.14. The summed E-state index contributed by atoms with van der Waals surface area (Å²) < 4.78 is 5.82. The van der Waals surface area contributed by atoms with Gasteiger partial charge in [0.2, 0.25) is 0 Å². The van der Waals surface area contributed by atoms with Crippen LogP contribution in [0.5, 0.6) is 5.75 Å². The van der Waals surface area contributed by atoms with Gasteiger partial charge in [0, 0.05) is 12.2 Å². The second kappa shape index (κ2) is 7.86. The fourth-order valence-corrected chi connectivity index (χ4v) is 2.56. The molecule has 126 valence electrons. The van der Waals surface area contributed by atoms with Crippen LogP contribution in [0.25, 0.3) is 0 Å². The molecule has 0 amide bonds. The smallest absolute Gasteiger partial charge is 0.195 e. The zero-order chi connectivity index (χ0) is 16.8. The molecular formula is C20H25N3O. The molecule has 3 rings (SSSR count). The fourth-order valence-electron chi connectivity index (χ4n) is 2.56. The molecule has 0 bridgehead atoms. The standard InChI is InChI=1S/C20H25N3O/c1-3-15(2)24-19-10-6-17(7-11-19)14-16-4-8-18(9-5-16)23-20-21-12-13-22-20/h4-11,15H,3,12-14H2,1-2H3,(H2,21,22,23). The molecule has 2 aromatic carbocycles. The first-order valence-corrected chi connectivity index (χ1v) is 8.63. The van der Waals surface area contributed by atoms with Gasteiger partial charge >= 0.3 is 0 Å². The van der Waals surface area contributed by atoms with Crippen LogP contribution in [-0.2, 0) is 6.42 Å². The third-order valence-corrected chi connectivity index (χ3v) is 4.13. The van der Waals surface area contributed by atoms with Gasteiger partial charge in [-0.1, -0.05) is 31.2 Å². The highest BCUT2D eigenvalue weighted by Gasteiger charge is 2.05. The maximum atomic E-state index is 5.82. The van der Waals surface area contributed by atoms with Crippen molar-refractivity contribution in [1.29, 1.82) is 0 Å². The molecule has 0 radical (unpaired) electrons. The zero-order valence-electron chi connectivity index (χ0n) is 14.4. The molecule has 0 saturated heterocycles. The summed E-state index contributed by atoms with van der Waals surface area (Å²) in [5.74, 6) is 1.80. The number of nitrogens with one attached hydrogen (secondary N) is 2. The predicted molar refractivity (Wildman–Crippen MR) is 100.0 cm³/mol. The second-order valence-corrected chi connectivity index (χ2v) is 6.14. The summed E-state index contributed by atoms with van der Waals surface area (Å²) in [6.07, 6.45) is 2.20. The lowest BCUT2D eigenvalue weighted by molar-refractivity contribution is 0.217. The van der Waals surface area contributed by atoms with Gasteiger partial charge in [-0.05, 0) is 55.2 Å². The topological polar surface area (TPSA) is 45.6 Å². The number of guanidine groups is 1. The molecule has 24 heavy (non-hydrogen) atoms. The molecule has 0 fully saturated rings. The highest BCUT2D eigenvalue weighted by molar-refractivity contribution is 5.94. The Bertz CT molecular complexity index is 677.